The van der Waals surface area contributed by atoms with Gasteiger partial charge in [-0.15, -0.1) is 0 Å². The molecule has 0 radical (unpaired) electrons. The van der Waals surface area contributed by atoms with E-state index in [1.165, 1.54) is 4.68 Å². The van der Waals surface area contributed by atoms with E-state index >= 15 is 0 Å². The number of hydrogen-bond acceptors (Lipinski definition) is 5. The number of nitrogens with zero attached hydrogens (tertiary/aromatic N) is 4. The van der Waals surface area contributed by atoms with Crippen LogP contribution in [0, 0.1) is 0 Å². The number of tetrazole rings is 1. The molecule has 0 atom stereocenters. The normalized spacial score (nSPS) is 10.5. The average Bonchev–Trinajstić information content (AvgIpc) is 2.66. The first-order valence-corrected chi connectivity index (χ1v) is 4.44. The summed E-state index contributed by atoms with van der Waals surface area (Å²) in [6.07, 6.45) is 0. The van der Waals surface area contributed by atoms with Gasteiger partial charge in [0.1, 0.15) is 0 Å². The fraction of sp³-hybridized carbons (Fsp3) is 0.222. The molecule has 2 rings (SSSR count). The molecule has 0 unspecified atom stereocenters. The first-order chi connectivity index (χ1) is 7.33. The molecule has 2 aromatic rings. The number of rotatable bonds is 3. The Balaban J connectivity index is 2.48. The number of ether oxygens (including phenoxy) is 1. The summed E-state index contributed by atoms with van der Waals surface area (Å²) >= 11 is 0. The van der Waals surface area contributed by atoms with Gasteiger partial charge in [0.25, 0.3) is 0 Å². The second-order valence-corrected chi connectivity index (χ2v) is 3.01. The zero-order valence-electron chi connectivity index (χ0n) is 8.29. The summed E-state index contributed by atoms with van der Waals surface area (Å²) < 4.78 is 6.56. The molecule has 0 amide bonds. The van der Waals surface area contributed by atoms with Gasteiger partial charge >= 0.3 is 0 Å². The van der Waals surface area contributed by atoms with E-state index < -0.39 is 0 Å². The molecular formula is C9H11N5O. The van der Waals surface area contributed by atoms with E-state index in [1.54, 1.807) is 7.11 Å². The Kier molecular flexibility index (Phi) is 2.59. The molecule has 0 aliphatic heterocycles. The van der Waals surface area contributed by atoms with Gasteiger partial charge in [0.05, 0.1) is 12.3 Å². The number of methoxy groups -OCH3 is 1. The van der Waals surface area contributed by atoms with Crippen LogP contribution in [0.25, 0.3) is 5.69 Å². The predicted molar refractivity (Wildman–Crippen MR) is 54.3 cm³/mol. The Hall–Kier alpha value is -1.95. The third-order valence-electron chi connectivity index (χ3n) is 2.01. The van der Waals surface area contributed by atoms with Crippen LogP contribution >= 0.6 is 0 Å². The monoisotopic (exact) mass is 205 g/mol. The standard InChI is InChI=1S/C9H11N5O/c1-15-6-7-4-2-3-5-8(7)14-9(10)11-12-13-14/h2-5H,6H2,1H3,(H2,10,11,13). The number of hydrogen-bond donors (Lipinski definition) is 1. The number of para-hydroxylation sites is 1. The highest BCUT2D eigenvalue weighted by Gasteiger charge is 2.08. The summed E-state index contributed by atoms with van der Waals surface area (Å²) in [5, 5.41) is 10.9. The minimum atomic E-state index is 0.263. The lowest BCUT2D eigenvalue weighted by Gasteiger charge is -2.07. The molecule has 1 heterocycles. The lowest BCUT2D eigenvalue weighted by Crippen LogP contribution is -2.06. The molecule has 0 aliphatic carbocycles. The van der Waals surface area contributed by atoms with E-state index in [1.807, 2.05) is 24.3 Å². The highest BCUT2D eigenvalue weighted by Crippen LogP contribution is 2.15. The number of anilines is 1. The molecule has 6 nitrogen and oxygen atoms in total. The predicted octanol–water partition coefficient (Wildman–Crippen LogP) is 0.391. The van der Waals surface area contributed by atoms with Crippen molar-refractivity contribution in [2.75, 3.05) is 12.8 Å². The van der Waals surface area contributed by atoms with Gasteiger partial charge < -0.3 is 10.5 Å². The fourth-order valence-corrected chi connectivity index (χ4v) is 1.36. The highest BCUT2D eigenvalue weighted by atomic mass is 16.5. The van der Waals surface area contributed by atoms with Gasteiger partial charge in [-0.2, -0.15) is 4.68 Å². The van der Waals surface area contributed by atoms with Crippen molar-refractivity contribution < 1.29 is 4.74 Å². The Morgan fingerprint density at radius 1 is 1.40 bits per heavy atom. The first kappa shape index (κ1) is 9.60. The van der Waals surface area contributed by atoms with E-state index in [9.17, 15) is 0 Å². The summed E-state index contributed by atoms with van der Waals surface area (Å²) in [5.74, 6) is 0.263. The third kappa shape index (κ3) is 1.79. The number of benzene rings is 1. The van der Waals surface area contributed by atoms with Crippen molar-refractivity contribution in [3.8, 4) is 5.69 Å². The van der Waals surface area contributed by atoms with Crippen LogP contribution in [0.4, 0.5) is 5.95 Å². The molecule has 0 fully saturated rings. The Morgan fingerprint density at radius 2 is 2.20 bits per heavy atom. The van der Waals surface area contributed by atoms with E-state index in [0.717, 1.165) is 11.3 Å². The summed E-state index contributed by atoms with van der Waals surface area (Å²) in [5.41, 5.74) is 7.44. The van der Waals surface area contributed by atoms with Crippen molar-refractivity contribution in [3.05, 3.63) is 29.8 Å². The SMILES string of the molecule is COCc1ccccc1-n1nnnc1N. The van der Waals surface area contributed by atoms with Crippen molar-refractivity contribution >= 4 is 5.95 Å². The van der Waals surface area contributed by atoms with Crippen molar-refractivity contribution in [2.45, 2.75) is 6.61 Å². The average molecular weight is 205 g/mol. The van der Waals surface area contributed by atoms with Gasteiger partial charge in [0, 0.05) is 12.7 Å². The van der Waals surface area contributed by atoms with Crippen LogP contribution in [-0.2, 0) is 11.3 Å². The largest absolute Gasteiger partial charge is 0.380 e. The lowest BCUT2D eigenvalue weighted by atomic mass is 10.2. The Labute approximate surface area is 86.7 Å². The minimum absolute atomic E-state index is 0.263. The zero-order chi connectivity index (χ0) is 10.7. The summed E-state index contributed by atoms with van der Waals surface area (Å²) in [4.78, 5) is 0. The molecule has 15 heavy (non-hydrogen) atoms. The van der Waals surface area contributed by atoms with Crippen molar-refractivity contribution in [3.63, 3.8) is 0 Å². The number of aromatic nitrogens is 4. The maximum absolute atomic E-state index is 5.62. The topological polar surface area (TPSA) is 78.8 Å². The van der Waals surface area contributed by atoms with Crippen LogP contribution in [0.1, 0.15) is 5.56 Å². The summed E-state index contributed by atoms with van der Waals surface area (Å²) in [6, 6.07) is 7.66. The molecule has 0 spiro atoms. The van der Waals surface area contributed by atoms with Crippen LogP contribution in [0.15, 0.2) is 24.3 Å². The second-order valence-electron chi connectivity index (χ2n) is 3.01. The summed E-state index contributed by atoms with van der Waals surface area (Å²) in [7, 11) is 1.64. The van der Waals surface area contributed by atoms with Gasteiger partial charge in [0.15, 0.2) is 0 Å². The molecule has 0 saturated carbocycles. The van der Waals surface area contributed by atoms with Gasteiger partial charge in [-0.25, -0.2) is 0 Å². The van der Waals surface area contributed by atoms with E-state index in [0.29, 0.717) is 6.61 Å². The van der Waals surface area contributed by atoms with Gasteiger partial charge in [-0.05, 0) is 16.5 Å². The highest BCUT2D eigenvalue weighted by molar-refractivity contribution is 5.43. The van der Waals surface area contributed by atoms with Crippen LogP contribution in [-0.4, -0.2) is 27.3 Å². The number of nitrogen functional groups attached to an aromatic ring is 1. The Bertz CT molecular complexity index is 453. The lowest BCUT2D eigenvalue weighted by molar-refractivity contribution is 0.184. The third-order valence-corrected chi connectivity index (χ3v) is 2.01. The zero-order valence-corrected chi connectivity index (χ0v) is 8.29. The van der Waals surface area contributed by atoms with Crippen molar-refractivity contribution in [1.29, 1.82) is 0 Å². The quantitative estimate of drug-likeness (QED) is 0.784. The molecule has 78 valence electrons. The molecule has 0 aliphatic rings. The maximum Gasteiger partial charge on any atom is 0.245 e. The molecule has 0 saturated heterocycles. The molecule has 1 aromatic carbocycles. The molecule has 0 bridgehead atoms. The van der Waals surface area contributed by atoms with Gasteiger partial charge in [-0.1, -0.05) is 23.3 Å². The van der Waals surface area contributed by atoms with Gasteiger partial charge in [0.2, 0.25) is 5.95 Å². The van der Waals surface area contributed by atoms with Gasteiger partial charge in [-0.3, -0.25) is 0 Å². The second kappa shape index (κ2) is 4.05. The van der Waals surface area contributed by atoms with Crippen molar-refractivity contribution in [1.82, 2.24) is 20.2 Å². The Morgan fingerprint density at radius 3 is 2.87 bits per heavy atom. The van der Waals surface area contributed by atoms with Crippen LogP contribution in [0.3, 0.4) is 0 Å². The summed E-state index contributed by atoms with van der Waals surface area (Å²) in [6.45, 7) is 0.496. The minimum Gasteiger partial charge on any atom is -0.380 e. The van der Waals surface area contributed by atoms with E-state index in [2.05, 4.69) is 15.5 Å². The maximum atomic E-state index is 5.62. The smallest absolute Gasteiger partial charge is 0.245 e. The van der Waals surface area contributed by atoms with Crippen LogP contribution < -0.4 is 5.73 Å². The number of nitrogens with two attached hydrogens (primary N) is 1. The first-order valence-electron chi connectivity index (χ1n) is 4.44. The van der Waals surface area contributed by atoms with E-state index in [-0.39, 0.29) is 5.95 Å². The molecular weight excluding hydrogens is 194 g/mol. The van der Waals surface area contributed by atoms with Crippen LogP contribution in [0.5, 0.6) is 0 Å². The van der Waals surface area contributed by atoms with E-state index in [4.69, 9.17) is 10.5 Å². The van der Waals surface area contributed by atoms with Crippen LogP contribution in [0.2, 0.25) is 0 Å². The molecule has 1 aromatic heterocycles. The fourth-order valence-electron chi connectivity index (χ4n) is 1.36. The molecule has 2 N–H and O–H groups in total. The van der Waals surface area contributed by atoms with Crippen molar-refractivity contribution in [2.24, 2.45) is 0 Å². The molecule has 6 heteroatoms.